The molecule has 1 aromatic heterocycles. The zero-order valence-electron chi connectivity index (χ0n) is 11.8. The maximum absolute atomic E-state index is 12.3. The SMILES string of the molecule is CC(C)Cn1ncnc1CC(=O)C1(O)CCCCC1. The van der Waals surface area contributed by atoms with Crippen molar-refractivity contribution in [2.75, 3.05) is 0 Å². The van der Waals surface area contributed by atoms with Crippen LogP contribution in [-0.4, -0.2) is 31.3 Å². The summed E-state index contributed by atoms with van der Waals surface area (Å²) in [6.45, 7) is 4.95. The minimum atomic E-state index is -1.13. The van der Waals surface area contributed by atoms with E-state index in [4.69, 9.17) is 0 Å². The first-order valence-corrected chi connectivity index (χ1v) is 7.13. The van der Waals surface area contributed by atoms with Gasteiger partial charge in [0.25, 0.3) is 0 Å². The lowest BCUT2D eigenvalue weighted by molar-refractivity contribution is -0.140. The Bertz CT molecular complexity index is 434. The van der Waals surface area contributed by atoms with Crippen molar-refractivity contribution in [1.29, 1.82) is 0 Å². The molecule has 0 atom stereocenters. The minimum Gasteiger partial charge on any atom is -0.382 e. The molecule has 1 heterocycles. The summed E-state index contributed by atoms with van der Waals surface area (Å²) < 4.78 is 1.77. The molecule has 0 aromatic carbocycles. The Hall–Kier alpha value is -1.23. The highest BCUT2D eigenvalue weighted by Gasteiger charge is 2.37. The fourth-order valence-corrected chi connectivity index (χ4v) is 2.65. The van der Waals surface area contributed by atoms with Gasteiger partial charge in [0.1, 0.15) is 17.8 Å². The van der Waals surface area contributed by atoms with Gasteiger partial charge in [-0.2, -0.15) is 5.10 Å². The molecule has 0 radical (unpaired) electrons. The van der Waals surface area contributed by atoms with Gasteiger partial charge in [0, 0.05) is 6.54 Å². The van der Waals surface area contributed by atoms with E-state index in [9.17, 15) is 9.90 Å². The van der Waals surface area contributed by atoms with Crippen molar-refractivity contribution >= 4 is 5.78 Å². The van der Waals surface area contributed by atoms with Crippen LogP contribution in [0.4, 0.5) is 0 Å². The van der Waals surface area contributed by atoms with Crippen LogP contribution in [0.1, 0.15) is 51.8 Å². The van der Waals surface area contributed by atoms with Crippen molar-refractivity contribution in [2.24, 2.45) is 5.92 Å². The summed E-state index contributed by atoms with van der Waals surface area (Å²) in [7, 11) is 0. The first kappa shape index (κ1) is 14.2. The van der Waals surface area contributed by atoms with Gasteiger partial charge >= 0.3 is 0 Å². The number of nitrogens with zero attached hydrogens (tertiary/aromatic N) is 3. The van der Waals surface area contributed by atoms with E-state index in [1.54, 1.807) is 4.68 Å². The smallest absolute Gasteiger partial charge is 0.171 e. The highest BCUT2D eigenvalue weighted by molar-refractivity contribution is 5.88. The zero-order valence-corrected chi connectivity index (χ0v) is 11.8. The predicted octanol–water partition coefficient (Wildman–Crippen LogP) is 1.74. The number of rotatable bonds is 5. The summed E-state index contributed by atoms with van der Waals surface area (Å²) in [5.74, 6) is 1.01. The minimum absolute atomic E-state index is 0.106. The maximum Gasteiger partial charge on any atom is 0.171 e. The molecule has 0 unspecified atom stereocenters. The molecule has 5 heteroatoms. The van der Waals surface area contributed by atoms with E-state index in [0.717, 1.165) is 25.8 Å². The molecule has 1 aromatic rings. The summed E-state index contributed by atoms with van der Waals surface area (Å²) in [5.41, 5.74) is -1.13. The first-order chi connectivity index (χ1) is 9.01. The van der Waals surface area contributed by atoms with Crippen LogP contribution in [0.25, 0.3) is 0 Å². The molecule has 0 bridgehead atoms. The van der Waals surface area contributed by atoms with E-state index < -0.39 is 5.60 Å². The molecule has 2 rings (SSSR count). The lowest BCUT2D eigenvalue weighted by Crippen LogP contribution is -2.41. The Morgan fingerprint density at radius 1 is 1.42 bits per heavy atom. The van der Waals surface area contributed by atoms with Gasteiger partial charge in [0.2, 0.25) is 0 Å². The quantitative estimate of drug-likeness (QED) is 0.880. The van der Waals surface area contributed by atoms with E-state index in [-0.39, 0.29) is 12.2 Å². The number of aromatic nitrogens is 3. The van der Waals surface area contributed by atoms with Gasteiger partial charge in [0.15, 0.2) is 5.78 Å². The van der Waals surface area contributed by atoms with Crippen molar-refractivity contribution in [3.8, 4) is 0 Å². The Balaban J connectivity index is 2.04. The van der Waals surface area contributed by atoms with Gasteiger partial charge in [-0.05, 0) is 18.8 Å². The lowest BCUT2D eigenvalue weighted by Gasteiger charge is -2.30. The number of carbonyl (C=O) groups excluding carboxylic acids is 1. The molecule has 1 aliphatic rings. The number of aliphatic hydroxyl groups is 1. The molecule has 1 aliphatic carbocycles. The molecule has 1 N–H and O–H groups in total. The van der Waals surface area contributed by atoms with E-state index in [2.05, 4.69) is 23.9 Å². The van der Waals surface area contributed by atoms with Crippen molar-refractivity contribution in [3.05, 3.63) is 12.2 Å². The van der Waals surface area contributed by atoms with Crippen LogP contribution >= 0.6 is 0 Å². The highest BCUT2D eigenvalue weighted by atomic mass is 16.3. The van der Waals surface area contributed by atoms with Gasteiger partial charge < -0.3 is 5.11 Å². The van der Waals surface area contributed by atoms with Crippen LogP contribution in [0.15, 0.2) is 6.33 Å². The fourth-order valence-electron chi connectivity index (χ4n) is 2.65. The van der Waals surface area contributed by atoms with Crippen molar-refractivity contribution < 1.29 is 9.90 Å². The third kappa shape index (κ3) is 3.41. The molecule has 106 valence electrons. The molecule has 0 amide bonds. The van der Waals surface area contributed by atoms with Crippen LogP contribution in [0, 0.1) is 5.92 Å². The van der Waals surface area contributed by atoms with Gasteiger partial charge in [-0.25, -0.2) is 9.67 Å². The lowest BCUT2D eigenvalue weighted by atomic mass is 9.81. The average molecular weight is 265 g/mol. The summed E-state index contributed by atoms with van der Waals surface area (Å²) in [6, 6.07) is 0. The summed E-state index contributed by atoms with van der Waals surface area (Å²) >= 11 is 0. The van der Waals surface area contributed by atoms with Crippen molar-refractivity contribution in [3.63, 3.8) is 0 Å². The van der Waals surface area contributed by atoms with Crippen LogP contribution < -0.4 is 0 Å². The molecule has 0 spiro atoms. The summed E-state index contributed by atoms with van der Waals surface area (Å²) in [5, 5.41) is 14.6. The Morgan fingerprint density at radius 2 is 2.11 bits per heavy atom. The van der Waals surface area contributed by atoms with E-state index in [1.165, 1.54) is 6.33 Å². The van der Waals surface area contributed by atoms with Gasteiger partial charge in [-0.3, -0.25) is 4.79 Å². The van der Waals surface area contributed by atoms with Crippen LogP contribution in [0.2, 0.25) is 0 Å². The first-order valence-electron chi connectivity index (χ1n) is 7.13. The number of carbonyl (C=O) groups is 1. The largest absolute Gasteiger partial charge is 0.382 e. The van der Waals surface area contributed by atoms with Crippen molar-refractivity contribution in [1.82, 2.24) is 14.8 Å². The highest BCUT2D eigenvalue weighted by Crippen LogP contribution is 2.29. The number of hydrogen-bond acceptors (Lipinski definition) is 4. The summed E-state index contributed by atoms with van der Waals surface area (Å²) in [4.78, 5) is 16.4. The standard InChI is InChI=1S/C14H23N3O2/c1-11(2)9-17-13(15-10-16-17)8-12(18)14(19)6-4-3-5-7-14/h10-11,19H,3-9H2,1-2H3. The van der Waals surface area contributed by atoms with E-state index in [1.807, 2.05) is 0 Å². The molecule has 0 aliphatic heterocycles. The molecule has 0 saturated heterocycles. The Kier molecular flexibility index (Phi) is 4.34. The van der Waals surface area contributed by atoms with Gasteiger partial charge in [-0.1, -0.05) is 33.1 Å². The molecule has 5 nitrogen and oxygen atoms in total. The summed E-state index contributed by atoms with van der Waals surface area (Å²) in [6.07, 6.45) is 5.81. The molecule has 1 fully saturated rings. The second kappa shape index (κ2) is 5.82. The number of hydrogen-bond donors (Lipinski definition) is 1. The number of Topliss-reactive ketones (excluding diaryl/α,β-unsaturated/α-hetero) is 1. The second-order valence-electron chi connectivity index (χ2n) is 5.94. The van der Waals surface area contributed by atoms with Gasteiger partial charge in [0.05, 0.1) is 6.42 Å². The van der Waals surface area contributed by atoms with E-state index >= 15 is 0 Å². The van der Waals surface area contributed by atoms with Crippen LogP contribution in [0.3, 0.4) is 0 Å². The Labute approximate surface area is 114 Å². The number of ketones is 1. The van der Waals surface area contributed by atoms with Crippen LogP contribution in [0.5, 0.6) is 0 Å². The maximum atomic E-state index is 12.3. The fraction of sp³-hybridized carbons (Fsp3) is 0.786. The molecular weight excluding hydrogens is 242 g/mol. The molecular formula is C14H23N3O2. The van der Waals surface area contributed by atoms with E-state index in [0.29, 0.717) is 24.6 Å². The average Bonchev–Trinajstić information content (AvgIpc) is 2.76. The Morgan fingerprint density at radius 3 is 2.74 bits per heavy atom. The monoisotopic (exact) mass is 265 g/mol. The van der Waals surface area contributed by atoms with Crippen molar-refractivity contribution in [2.45, 2.75) is 64.5 Å². The predicted molar refractivity (Wildman–Crippen MR) is 71.6 cm³/mol. The third-order valence-corrected chi connectivity index (χ3v) is 3.75. The second-order valence-corrected chi connectivity index (χ2v) is 5.94. The van der Waals surface area contributed by atoms with Gasteiger partial charge in [-0.15, -0.1) is 0 Å². The van der Waals surface area contributed by atoms with Crippen LogP contribution in [-0.2, 0) is 17.8 Å². The molecule has 19 heavy (non-hydrogen) atoms. The topological polar surface area (TPSA) is 68.0 Å². The normalized spacial score (nSPS) is 18.7. The zero-order chi connectivity index (χ0) is 13.9. The molecule has 1 saturated carbocycles. The third-order valence-electron chi connectivity index (χ3n) is 3.75.